The minimum absolute atomic E-state index is 0.130. The van der Waals surface area contributed by atoms with Gasteiger partial charge in [0, 0.05) is 28.9 Å². The summed E-state index contributed by atoms with van der Waals surface area (Å²) in [4.78, 5) is 37.4. The molecule has 0 aliphatic heterocycles. The largest absolute Gasteiger partial charge is 0.366 e. The first-order valence-corrected chi connectivity index (χ1v) is 11.1. The molecule has 0 bridgehead atoms. The van der Waals surface area contributed by atoms with Gasteiger partial charge in [-0.2, -0.15) is 0 Å². The second-order valence-corrected chi connectivity index (χ2v) is 9.30. The monoisotopic (exact) mass is 466 g/mol. The van der Waals surface area contributed by atoms with Crippen molar-refractivity contribution in [2.45, 2.75) is 26.2 Å². The molecular weight excluding hydrogens is 440 g/mol. The van der Waals surface area contributed by atoms with Crippen molar-refractivity contribution in [3.63, 3.8) is 0 Å². The maximum absolute atomic E-state index is 13.2. The van der Waals surface area contributed by atoms with Gasteiger partial charge in [0.2, 0.25) is 0 Å². The van der Waals surface area contributed by atoms with Crippen LogP contribution in [0.1, 0.15) is 63.0 Å². The van der Waals surface area contributed by atoms with Crippen LogP contribution in [0.3, 0.4) is 0 Å². The number of nitrogens with two attached hydrogens (primary N) is 1. The Kier molecular flexibility index (Phi) is 6.09. The lowest BCUT2D eigenvalue weighted by molar-refractivity contribution is 0.0998. The van der Waals surface area contributed by atoms with Crippen molar-refractivity contribution < 1.29 is 14.4 Å². The van der Waals surface area contributed by atoms with Crippen molar-refractivity contribution in [3.05, 3.63) is 94.7 Å². The smallest absolute Gasteiger partial charge is 0.256 e. The van der Waals surface area contributed by atoms with Gasteiger partial charge < -0.3 is 21.0 Å². The highest BCUT2D eigenvalue weighted by Gasteiger charge is 2.20. The van der Waals surface area contributed by atoms with E-state index in [9.17, 15) is 14.4 Å². The van der Waals surface area contributed by atoms with Crippen LogP contribution in [0, 0.1) is 5.41 Å². The van der Waals surface area contributed by atoms with Crippen LogP contribution in [0.5, 0.6) is 0 Å². The molecule has 4 N–H and O–H groups in total. The van der Waals surface area contributed by atoms with Crippen LogP contribution >= 0.6 is 0 Å². The van der Waals surface area contributed by atoms with Crippen LogP contribution in [-0.4, -0.2) is 28.9 Å². The molecule has 7 heteroatoms. The Labute approximate surface area is 203 Å². The number of primary amides is 1. The number of anilines is 1. The van der Waals surface area contributed by atoms with E-state index in [4.69, 9.17) is 11.1 Å². The van der Waals surface area contributed by atoms with Gasteiger partial charge in [0.25, 0.3) is 11.8 Å². The molecule has 3 aromatic carbocycles. The van der Waals surface area contributed by atoms with Crippen molar-refractivity contribution >= 4 is 40.9 Å². The SMILES string of the molecule is CC(C)(C)c1ccc(C(=O)Nc2cccc(-n3cc(C(N)=O)c4ccccc43)c2C=O)c(C=N)c1. The molecule has 0 radical (unpaired) electrons. The van der Waals surface area contributed by atoms with Crippen LogP contribution in [0.15, 0.2) is 66.9 Å². The van der Waals surface area contributed by atoms with E-state index in [1.54, 1.807) is 41.1 Å². The molecule has 0 atom stereocenters. The zero-order chi connectivity index (χ0) is 25.3. The molecule has 0 aliphatic carbocycles. The lowest BCUT2D eigenvalue weighted by Gasteiger charge is -2.20. The summed E-state index contributed by atoms with van der Waals surface area (Å²) in [7, 11) is 0. The third kappa shape index (κ3) is 4.36. The van der Waals surface area contributed by atoms with Crippen LogP contribution < -0.4 is 11.1 Å². The zero-order valence-corrected chi connectivity index (χ0v) is 19.8. The number of hydrogen-bond donors (Lipinski definition) is 3. The highest BCUT2D eigenvalue weighted by atomic mass is 16.2. The van der Waals surface area contributed by atoms with E-state index >= 15 is 0 Å². The molecule has 35 heavy (non-hydrogen) atoms. The lowest BCUT2D eigenvalue weighted by Crippen LogP contribution is -2.18. The number of rotatable bonds is 6. The highest BCUT2D eigenvalue weighted by Crippen LogP contribution is 2.30. The Hall–Kier alpha value is -4.52. The second kappa shape index (κ2) is 9.02. The minimum Gasteiger partial charge on any atom is -0.366 e. The Morgan fingerprint density at radius 1 is 1.00 bits per heavy atom. The molecule has 7 nitrogen and oxygen atoms in total. The van der Waals surface area contributed by atoms with Crippen molar-refractivity contribution in [1.82, 2.24) is 4.57 Å². The third-order valence-corrected chi connectivity index (χ3v) is 6.00. The van der Waals surface area contributed by atoms with E-state index in [0.717, 1.165) is 11.8 Å². The highest BCUT2D eigenvalue weighted by molar-refractivity contribution is 6.11. The van der Waals surface area contributed by atoms with Gasteiger partial charge in [-0.15, -0.1) is 0 Å². The number of aromatic nitrogens is 1. The predicted molar refractivity (Wildman–Crippen MR) is 138 cm³/mol. The molecule has 4 rings (SSSR count). The minimum atomic E-state index is -0.574. The van der Waals surface area contributed by atoms with Crippen LogP contribution in [0.4, 0.5) is 5.69 Å². The van der Waals surface area contributed by atoms with E-state index in [2.05, 4.69) is 26.1 Å². The van der Waals surface area contributed by atoms with E-state index < -0.39 is 11.8 Å². The molecule has 4 aromatic rings. The lowest BCUT2D eigenvalue weighted by atomic mass is 9.85. The summed E-state index contributed by atoms with van der Waals surface area (Å²) in [5.74, 6) is -1.01. The van der Waals surface area contributed by atoms with Crippen molar-refractivity contribution in [2.24, 2.45) is 5.73 Å². The number of aldehydes is 1. The molecule has 1 aromatic heterocycles. The number of para-hydroxylation sites is 1. The van der Waals surface area contributed by atoms with Crippen LogP contribution in [0.25, 0.3) is 16.6 Å². The maximum Gasteiger partial charge on any atom is 0.256 e. The van der Waals surface area contributed by atoms with Gasteiger partial charge in [-0.1, -0.05) is 51.1 Å². The first-order chi connectivity index (χ1) is 16.7. The van der Waals surface area contributed by atoms with E-state index in [1.807, 2.05) is 30.3 Å². The topological polar surface area (TPSA) is 118 Å². The van der Waals surface area contributed by atoms with Crippen molar-refractivity contribution in [1.29, 1.82) is 5.41 Å². The normalized spacial score (nSPS) is 11.3. The number of benzene rings is 3. The predicted octanol–water partition coefficient (Wildman–Crippen LogP) is 5.09. The number of carbonyl (C=O) groups is 3. The number of hydrogen-bond acceptors (Lipinski definition) is 4. The molecule has 0 saturated heterocycles. The van der Waals surface area contributed by atoms with Gasteiger partial charge in [-0.3, -0.25) is 14.4 Å². The van der Waals surface area contributed by atoms with Crippen LogP contribution in [0.2, 0.25) is 0 Å². The molecule has 0 unspecified atom stereocenters. The first-order valence-electron chi connectivity index (χ1n) is 11.1. The summed E-state index contributed by atoms with van der Waals surface area (Å²) in [5.41, 5.74) is 9.37. The number of amides is 2. The number of carbonyl (C=O) groups excluding carboxylic acids is 3. The Bertz CT molecular complexity index is 1490. The van der Waals surface area contributed by atoms with Gasteiger partial charge in [-0.25, -0.2) is 0 Å². The van der Waals surface area contributed by atoms with E-state index in [0.29, 0.717) is 45.3 Å². The Balaban J connectivity index is 1.78. The van der Waals surface area contributed by atoms with Crippen molar-refractivity contribution in [2.75, 3.05) is 5.32 Å². The summed E-state index contributed by atoms with van der Waals surface area (Å²) < 4.78 is 1.72. The van der Waals surface area contributed by atoms with Gasteiger partial charge in [0.15, 0.2) is 6.29 Å². The first kappa shape index (κ1) is 23.6. The van der Waals surface area contributed by atoms with Crippen molar-refractivity contribution in [3.8, 4) is 5.69 Å². The van der Waals surface area contributed by atoms with Gasteiger partial charge >= 0.3 is 0 Å². The standard InChI is InChI=1S/C28H26N4O3/c1-28(2,3)18-11-12-19(17(13-18)14-29)27(35)31-23-8-6-10-25(22(23)16-33)32-15-21(26(30)34)20-7-4-5-9-24(20)32/h4-16,29H,1-3H3,(H2,30,34)(H,31,35). The Morgan fingerprint density at radius 3 is 2.40 bits per heavy atom. The van der Waals surface area contributed by atoms with E-state index in [-0.39, 0.29) is 11.0 Å². The average molecular weight is 467 g/mol. The molecule has 176 valence electrons. The molecular formula is C28H26N4O3. The molecule has 0 spiro atoms. The van der Waals surface area contributed by atoms with E-state index in [1.165, 1.54) is 0 Å². The fraction of sp³-hybridized carbons (Fsp3) is 0.143. The molecule has 0 aliphatic rings. The summed E-state index contributed by atoms with van der Waals surface area (Å²) in [6, 6.07) is 17.7. The fourth-order valence-electron chi connectivity index (χ4n) is 4.12. The van der Waals surface area contributed by atoms with Gasteiger partial charge in [0.05, 0.1) is 28.0 Å². The molecule has 2 amide bonds. The number of nitrogens with zero attached hydrogens (tertiary/aromatic N) is 1. The number of fused-ring (bicyclic) bond motifs is 1. The molecule has 0 fully saturated rings. The van der Waals surface area contributed by atoms with Crippen LogP contribution in [-0.2, 0) is 5.41 Å². The quantitative estimate of drug-likeness (QED) is 0.271. The van der Waals surface area contributed by atoms with Gasteiger partial charge in [0.1, 0.15) is 0 Å². The zero-order valence-electron chi connectivity index (χ0n) is 19.8. The fourth-order valence-corrected chi connectivity index (χ4v) is 4.12. The maximum atomic E-state index is 13.2. The second-order valence-electron chi connectivity index (χ2n) is 9.30. The number of nitrogens with one attached hydrogen (secondary N) is 2. The molecule has 1 heterocycles. The average Bonchev–Trinajstić information content (AvgIpc) is 3.22. The third-order valence-electron chi connectivity index (χ3n) is 6.00. The summed E-state index contributed by atoms with van der Waals surface area (Å²) >= 11 is 0. The van der Waals surface area contributed by atoms with Gasteiger partial charge in [-0.05, 0) is 41.3 Å². The summed E-state index contributed by atoms with van der Waals surface area (Å²) in [5, 5.41) is 11.3. The Morgan fingerprint density at radius 2 is 1.74 bits per heavy atom. The molecule has 0 saturated carbocycles. The summed E-state index contributed by atoms with van der Waals surface area (Å²) in [6.45, 7) is 6.19. The summed E-state index contributed by atoms with van der Waals surface area (Å²) in [6.07, 6.45) is 3.42.